The van der Waals surface area contributed by atoms with Gasteiger partial charge in [0.1, 0.15) is 12.4 Å². The van der Waals surface area contributed by atoms with E-state index in [0.29, 0.717) is 17.0 Å². The summed E-state index contributed by atoms with van der Waals surface area (Å²) in [6.07, 6.45) is 1.97. The van der Waals surface area contributed by atoms with Gasteiger partial charge in [-0.2, -0.15) is 17.0 Å². The number of anilines is 1. The molecule has 142 valence electrons. The van der Waals surface area contributed by atoms with Crippen molar-refractivity contribution < 1.29 is 14.3 Å². The molecule has 0 unspecified atom stereocenters. The summed E-state index contributed by atoms with van der Waals surface area (Å²) in [7, 11) is 0. The number of amides is 1. The van der Waals surface area contributed by atoms with Gasteiger partial charge in [-0.15, -0.1) is 0 Å². The number of nitrogens with one attached hydrogen (secondary N) is 1. The van der Waals surface area contributed by atoms with E-state index in [-0.39, 0.29) is 13.2 Å². The third-order valence-electron chi connectivity index (χ3n) is 3.96. The maximum Gasteiger partial charge on any atom is 0.326 e. The van der Waals surface area contributed by atoms with Crippen LogP contribution in [0.25, 0.3) is 11.0 Å². The molecule has 1 N–H and O–H groups in total. The van der Waals surface area contributed by atoms with E-state index >= 15 is 0 Å². The highest BCUT2D eigenvalue weighted by molar-refractivity contribution is 7.97. The van der Waals surface area contributed by atoms with Gasteiger partial charge in [0, 0.05) is 5.69 Å². The van der Waals surface area contributed by atoms with Crippen molar-refractivity contribution in [1.29, 1.82) is 5.26 Å². The maximum absolute atomic E-state index is 12.3. The van der Waals surface area contributed by atoms with E-state index in [1.54, 1.807) is 36.0 Å². The molecule has 8 heteroatoms. The molecule has 0 saturated carbocycles. The summed E-state index contributed by atoms with van der Waals surface area (Å²) in [5.74, 6) is 0.493. The molecule has 0 aliphatic heterocycles. The first-order valence-corrected chi connectivity index (χ1v) is 9.89. The highest BCUT2D eigenvalue weighted by atomic mass is 32.2. The third kappa shape index (κ3) is 4.69. The van der Waals surface area contributed by atoms with Crippen LogP contribution in [0.15, 0.2) is 48.5 Å². The average molecular weight is 394 g/mol. The molecule has 1 heterocycles. The lowest BCUT2D eigenvalue weighted by Gasteiger charge is -2.09. The Labute approximate surface area is 166 Å². The Morgan fingerprint density at radius 3 is 2.68 bits per heavy atom. The van der Waals surface area contributed by atoms with Crippen LogP contribution in [0, 0.1) is 11.3 Å². The van der Waals surface area contributed by atoms with Crippen molar-refractivity contribution in [2.75, 3.05) is 18.2 Å². The number of ether oxygens (including phenoxy) is 1. The Balaban J connectivity index is 1.59. The number of fused-ring (bicyclic) bond motifs is 1. The van der Waals surface area contributed by atoms with Gasteiger partial charge in [0.25, 0.3) is 5.91 Å². The Kier molecular flexibility index (Phi) is 6.29. The number of carbonyl (C=O) groups excluding carboxylic acids is 2. The summed E-state index contributed by atoms with van der Waals surface area (Å²) < 4.78 is 6.93. The van der Waals surface area contributed by atoms with Crippen molar-refractivity contribution in [3.05, 3.63) is 59.9 Å². The number of para-hydroxylation sites is 2. The first-order chi connectivity index (χ1) is 13.6. The van der Waals surface area contributed by atoms with E-state index in [9.17, 15) is 9.59 Å². The standard InChI is InChI=1S/C20H18N4O3S/c1-28-13-18-23-16-4-2-3-5-17(16)24(18)11-20(26)27-12-19(25)22-15-8-6-14(10-21)7-9-15/h2-9H,11-13H2,1H3,(H,22,25). The van der Waals surface area contributed by atoms with E-state index in [1.807, 2.05) is 41.2 Å². The Morgan fingerprint density at radius 2 is 1.96 bits per heavy atom. The normalized spacial score (nSPS) is 10.4. The van der Waals surface area contributed by atoms with E-state index in [2.05, 4.69) is 10.3 Å². The fourth-order valence-corrected chi connectivity index (χ4v) is 3.17. The molecular weight excluding hydrogens is 376 g/mol. The second kappa shape index (κ2) is 9.06. The van der Waals surface area contributed by atoms with Crippen molar-refractivity contribution in [2.45, 2.75) is 12.3 Å². The van der Waals surface area contributed by atoms with Crippen LogP contribution in [0.3, 0.4) is 0 Å². The molecule has 28 heavy (non-hydrogen) atoms. The van der Waals surface area contributed by atoms with Crippen LogP contribution in [-0.4, -0.2) is 34.3 Å². The summed E-state index contributed by atoms with van der Waals surface area (Å²) in [5, 5.41) is 11.4. The van der Waals surface area contributed by atoms with Crippen LogP contribution >= 0.6 is 11.8 Å². The fourth-order valence-electron chi connectivity index (χ4n) is 2.69. The number of nitrogens with zero attached hydrogens (tertiary/aromatic N) is 3. The lowest BCUT2D eigenvalue weighted by Crippen LogP contribution is -2.23. The molecule has 7 nitrogen and oxygen atoms in total. The van der Waals surface area contributed by atoms with Gasteiger partial charge in [-0.25, -0.2) is 4.98 Å². The molecule has 0 aliphatic rings. The number of imidazole rings is 1. The highest BCUT2D eigenvalue weighted by Crippen LogP contribution is 2.19. The largest absolute Gasteiger partial charge is 0.454 e. The smallest absolute Gasteiger partial charge is 0.326 e. The van der Waals surface area contributed by atoms with E-state index in [1.165, 1.54) is 0 Å². The van der Waals surface area contributed by atoms with Gasteiger partial charge < -0.3 is 14.6 Å². The zero-order chi connectivity index (χ0) is 19.9. The lowest BCUT2D eigenvalue weighted by molar-refractivity contribution is -0.147. The molecule has 0 atom stereocenters. The number of benzene rings is 2. The first kappa shape index (κ1) is 19.5. The third-order valence-corrected chi connectivity index (χ3v) is 4.50. The molecule has 0 fully saturated rings. The number of rotatable bonds is 7. The average Bonchev–Trinajstić information content (AvgIpc) is 3.04. The Morgan fingerprint density at radius 1 is 1.21 bits per heavy atom. The van der Waals surface area contributed by atoms with Crippen LogP contribution in [0.2, 0.25) is 0 Å². The second-order valence-corrected chi connectivity index (χ2v) is 6.80. The minimum atomic E-state index is -0.513. The monoisotopic (exact) mass is 394 g/mol. The number of nitriles is 1. The van der Waals surface area contributed by atoms with Gasteiger partial charge in [0.2, 0.25) is 0 Å². The molecule has 0 bridgehead atoms. The minimum Gasteiger partial charge on any atom is -0.454 e. The zero-order valence-corrected chi connectivity index (χ0v) is 16.0. The predicted molar refractivity (Wildman–Crippen MR) is 108 cm³/mol. The van der Waals surface area contributed by atoms with Gasteiger partial charge in [0.05, 0.1) is 28.4 Å². The first-order valence-electron chi connectivity index (χ1n) is 8.49. The van der Waals surface area contributed by atoms with Gasteiger partial charge in [-0.1, -0.05) is 12.1 Å². The van der Waals surface area contributed by atoms with Crippen molar-refractivity contribution in [1.82, 2.24) is 9.55 Å². The number of carbonyl (C=O) groups is 2. The van der Waals surface area contributed by atoms with Gasteiger partial charge >= 0.3 is 5.97 Å². The Bertz CT molecular complexity index is 1040. The van der Waals surface area contributed by atoms with Crippen molar-refractivity contribution in [2.24, 2.45) is 0 Å². The Hall–Kier alpha value is -3.31. The lowest BCUT2D eigenvalue weighted by atomic mass is 10.2. The number of aromatic nitrogens is 2. The molecule has 2 aromatic carbocycles. The van der Waals surface area contributed by atoms with Crippen LogP contribution in [0.4, 0.5) is 5.69 Å². The molecule has 0 radical (unpaired) electrons. The molecule has 3 rings (SSSR count). The van der Waals surface area contributed by atoms with Crippen molar-refractivity contribution in [3.63, 3.8) is 0 Å². The molecule has 3 aromatic rings. The number of thioether (sulfide) groups is 1. The highest BCUT2D eigenvalue weighted by Gasteiger charge is 2.15. The predicted octanol–water partition coefficient (Wildman–Crippen LogP) is 2.95. The summed E-state index contributed by atoms with van der Waals surface area (Å²) in [6.45, 7) is -0.399. The molecular formula is C20H18N4O3S. The van der Waals surface area contributed by atoms with Crippen LogP contribution in [0.1, 0.15) is 11.4 Å². The van der Waals surface area contributed by atoms with Gasteiger partial charge in [-0.3, -0.25) is 9.59 Å². The topological polar surface area (TPSA) is 97.0 Å². The molecule has 1 amide bonds. The number of hydrogen-bond acceptors (Lipinski definition) is 6. The summed E-state index contributed by atoms with van der Waals surface area (Å²) >= 11 is 1.61. The van der Waals surface area contributed by atoms with Gasteiger partial charge in [-0.05, 0) is 42.7 Å². The molecule has 0 saturated heterocycles. The van der Waals surface area contributed by atoms with E-state index < -0.39 is 11.9 Å². The van der Waals surface area contributed by atoms with Crippen LogP contribution < -0.4 is 5.32 Å². The maximum atomic E-state index is 12.3. The van der Waals surface area contributed by atoms with Crippen molar-refractivity contribution in [3.8, 4) is 6.07 Å². The molecule has 1 aromatic heterocycles. The fraction of sp³-hybridized carbons (Fsp3) is 0.200. The summed E-state index contributed by atoms with van der Waals surface area (Å²) in [4.78, 5) is 28.8. The number of esters is 1. The second-order valence-electron chi connectivity index (χ2n) is 5.93. The number of hydrogen-bond donors (Lipinski definition) is 1. The van der Waals surface area contributed by atoms with Gasteiger partial charge in [0.15, 0.2) is 6.61 Å². The molecule has 0 spiro atoms. The quantitative estimate of drug-likeness (QED) is 0.619. The minimum absolute atomic E-state index is 0.0133. The summed E-state index contributed by atoms with van der Waals surface area (Å²) in [6, 6.07) is 16.0. The van der Waals surface area contributed by atoms with Crippen LogP contribution in [-0.2, 0) is 26.6 Å². The summed E-state index contributed by atoms with van der Waals surface area (Å²) in [5.41, 5.74) is 2.70. The molecule has 0 aliphatic carbocycles. The van der Waals surface area contributed by atoms with Crippen LogP contribution in [0.5, 0.6) is 0 Å². The zero-order valence-electron chi connectivity index (χ0n) is 15.2. The van der Waals surface area contributed by atoms with Crippen molar-refractivity contribution >= 4 is 40.4 Å². The van der Waals surface area contributed by atoms with E-state index in [0.717, 1.165) is 16.9 Å². The SMILES string of the molecule is CSCc1nc2ccccc2n1CC(=O)OCC(=O)Nc1ccc(C#N)cc1. The van der Waals surface area contributed by atoms with E-state index in [4.69, 9.17) is 10.00 Å².